The van der Waals surface area contributed by atoms with Crippen LogP contribution in [0.3, 0.4) is 0 Å². The SMILES string of the molecule is CCCn1nnc(C#N)c1COc1ccc(Cl)cc1. The zero-order chi connectivity index (χ0) is 13.7. The quantitative estimate of drug-likeness (QED) is 0.842. The van der Waals surface area contributed by atoms with Gasteiger partial charge in [0.2, 0.25) is 0 Å². The van der Waals surface area contributed by atoms with Gasteiger partial charge in [0.05, 0.1) is 0 Å². The minimum Gasteiger partial charge on any atom is -0.487 e. The zero-order valence-electron chi connectivity index (χ0n) is 10.5. The topological polar surface area (TPSA) is 63.7 Å². The van der Waals surface area contributed by atoms with Gasteiger partial charge in [-0.05, 0) is 30.7 Å². The van der Waals surface area contributed by atoms with Crippen LogP contribution in [0.1, 0.15) is 24.7 Å². The number of halogens is 1. The Morgan fingerprint density at radius 2 is 2.11 bits per heavy atom. The first-order valence-corrected chi connectivity index (χ1v) is 6.33. The van der Waals surface area contributed by atoms with Gasteiger partial charge in [-0.3, -0.25) is 0 Å². The number of aromatic nitrogens is 3. The average Bonchev–Trinajstić information content (AvgIpc) is 2.81. The van der Waals surface area contributed by atoms with Crippen molar-refractivity contribution in [2.75, 3.05) is 0 Å². The maximum absolute atomic E-state index is 8.99. The van der Waals surface area contributed by atoms with Gasteiger partial charge in [-0.15, -0.1) is 5.10 Å². The molecule has 2 aromatic rings. The van der Waals surface area contributed by atoms with Crippen LogP contribution >= 0.6 is 11.6 Å². The van der Waals surface area contributed by atoms with E-state index in [1.54, 1.807) is 28.9 Å². The van der Waals surface area contributed by atoms with Crippen molar-refractivity contribution >= 4 is 11.6 Å². The number of nitriles is 1. The first-order chi connectivity index (χ1) is 9.24. The van der Waals surface area contributed by atoms with Crippen LogP contribution in [-0.4, -0.2) is 15.0 Å². The van der Waals surface area contributed by atoms with E-state index in [0.29, 0.717) is 28.7 Å². The van der Waals surface area contributed by atoms with Gasteiger partial charge in [0.1, 0.15) is 24.1 Å². The largest absolute Gasteiger partial charge is 0.487 e. The molecule has 1 aromatic heterocycles. The predicted octanol–water partition coefficient (Wildman–Crippen LogP) is 2.79. The molecule has 0 atom stereocenters. The number of hydrogen-bond donors (Lipinski definition) is 0. The van der Waals surface area contributed by atoms with E-state index >= 15 is 0 Å². The number of benzene rings is 1. The van der Waals surface area contributed by atoms with Crippen LogP contribution in [-0.2, 0) is 13.2 Å². The van der Waals surface area contributed by atoms with E-state index in [4.69, 9.17) is 21.6 Å². The molecule has 0 fully saturated rings. The highest BCUT2D eigenvalue weighted by Gasteiger charge is 2.12. The van der Waals surface area contributed by atoms with Crippen molar-refractivity contribution in [1.82, 2.24) is 15.0 Å². The summed E-state index contributed by atoms with van der Waals surface area (Å²) in [7, 11) is 0. The third-order valence-corrected chi connectivity index (χ3v) is 2.82. The lowest BCUT2D eigenvalue weighted by Gasteiger charge is -2.08. The lowest BCUT2D eigenvalue weighted by molar-refractivity contribution is 0.291. The summed E-state index contributed by atoms with van der Waals surface area (Å²) in [5.74, 6) is 0.692. The van der Waals surface area contributed by atoms with Crippen LogP contribution in [0.15, 0.2) is 24.3 Å². The Kier molecular flexibility index (Phi) is 4.37. The molecule has 0 saturated carbocycles. The maximum Gasteiger partial charge on any atom is 0.189 e. The fourth-order valence-electron chi connectivity index (χ4n) is 1.64. The van der Waals surface area contributed by atoms with Crippen LogP contribution in [0.2, 0.25) is 5.02 Å². The monoisotopic (exact) mass is 276 g/mol. The van der Waals surface area contributed by atoms with Crippen molar-refractivity contribution in [1.29, 1.82) is 5.26 Å². The molecule has 1 heterocycles. The van der Waals surface area contributed by atoms with Gasteiger partial charge in [-0.25, -0.2) is 4.68 Å². The third-order valence-electron chi connectivity index (χ3n) is 2.57. The van der Waals surface area contributed by atoms with E-state index in [9.17, 15) is 0 Å². The summed E-state index contributed by atoms with van der Waals surface area (Å²) < 4.78 is 7.33. The molecule has 0 saturated heterocycles. The van der Waals surface area contributed by atoms with E-state index in [1.165, 1.54) is 0 Å². The molecule has 0 aliphatic carbocycles. The minimum absolute atomic E-state index is 0.261. The molecule has 0 aliphatic rings. The van der Waals surface area contributed by atoms with Crippen molar-refractivity contribution in [2.45, 2.75) is 26.5 Å². The van der Waals surface area contributed by atoms with Crippen molar-refractivity contribution in [3.8, 4) is 11.8 Å². The van der Waals surface area contributed by atoms with Gasteiger partial charge in [-0.1, -0.05) is 23.7 Å². The molecule has 0 unspecified atom stereocenters. The summed E-state index contributed by atoms with van der Waals surface area (Å²) in [4.78, 5) is 0. The second-order valence-electron chi connectivity index (χ2n) is 3.96. The molecule has 0 radical (unpaired) electrons. The maximum atomic E-state index is 8.99. The summed E-state index contributed by atoms with van der Waals surface area (Å²) in [6.07, 6.45) is 0.919. The molecule has 0 N–H and O–H groups in total. The number of hydrogen-bond acceptors (Lipinski definition) is 4. The second kappa shape index (κ2) is 6.21. The molecule has 0 bridgehead atoms. The van der Waals surface area contributed by atoms with Crippen LogP contribution in [0.4, 0.5) is 0 Å². The van der Waals surface area contributed by atoms with Crippen LogP contribution in [0.5, 0.6) is 5.75 Å². The molecule has 2 rings (SSSR count). The second-order valence-corrected chi connectivity index (χ2v) is 4.40. The third kappa shape index (κ3) is 3.24. The Morgan fingerprint density at radius 1 is 1.37 bits per heavy atom. The Bertz CT molecular complexity index is 586. The highest BCUT2D eigenvalue weighted by atomic mass is 35.5. The Labute approximate surface area is 116 Å². The molecule has 0 amide bonds. The Balaban J connectivity index is 2.12. The van der Waals surface area contributed by atoms with Gasteiger partial charge in [0.25, 0.3) is 0 Å². The Hall–Kier alpha value is -2.06. The first kappa shape index (κ1) is 13.4. The summed E-state index contributed by atoms with van der Waals surface area (Å²) in [5, 5.41) is 17.4. The van der Waals surface area contributed by atoms with Gasteiger partial charge >= 0.3 is 0 Å². The summed E-state index contributed by atoms with van der Waals surface area (Å²) in [6.45, 7) is 3.02. The van der Waals surface area contributed by atoms with Crippen molar-refractivity contribution in [3.05, 3.63) is 40.7 Å². The molecule has 1 aromatic carbocycles. The van der Waals surface area contributed by atoms with E-state index in [1.807, 2.05) is 13.0 Å². The van der Waals surface area contributed by atoms with Crippen molar-refractivity contribution in [3.63, 3.8) is 0 Å². The average molecular weight is 277 g/mol. The van der Waals surface area contributed by atoms with Crippen LogP contribution in [0.25, 0.3) is 0 Å². The van der Waals surface area contributed by atoms with E-state index in [0.717, 1.165) is 6.42 Å². The predicted molar refractivity (Wildman–Crippen MR) is 70.8 cm³/mol. The molecule has 0 spiro atoms. The lowest BCUT2D eigenvalue weighted by atomic mass is 10.3. The summed E-state index contributed by atoms with van der Waals surface area (Å²) >= 11 is 5.80. The molecule has 6 heteroatoms. The number of rotatable bonds is 5. The molecule has 5 nitrogen and oxygen atoms in total. The molecule has 98 valence electrons. The number of nitrogens with zero attached hydrogens (tertiary/aromatic N) is 4. The highest BCUT2D eigenvalue weighted by molar-refractivity contribution is 6.30. The van der Waals surface area contributed by atoms with Gasteiger partial charge in [0, 0.05) is 11.6 Å². The zero-order valence-corrected chi connectivity index (χ0v) is 11.3. The number of ether oxygens (including phenoxy) is 1. The Morgan fingerprint density at radius 3 is 2.74 bits per heavy atom. The minimum atomic E-state index is 0.261. The number of aryl methyl sites for hydroxylation is 1. The first-order valence-electron chi connectivity index (χ1n) is 5.95. The van der Waals surface area contributed by atoms with E-state index in [2.05, 4.69) is 10.3 Å². The fourth-order valence-corrected chi connectivity index (χ4v) is 1.76. The van der Waals surface area contributed by atoms with Crippen LogP contribution < -0.4 is 4.74 Å². The van der Waals surface area contributed by atoms with Crippen LogP contribution in [0, 0.1) is 11.3 Å². The molecule has 19 heavy (non-hydrogen) atoms. The molecule has 0 aliphatic heterocycles. The fraction of sp³-hybridized carbons (Fsp3) is 0.308. The summed E-state index contributed by atoms with van der Waals surface area (Å²) in [5.41, 5.74) is 1.00. The highest BCUT2D eigenvalue weighted by Crippen LogP contribution is 2.17. The van der Waals surface area contributed by atoms with Gasteiger partial charge in [0.15, 0.2) is 5.69 Å². The molecular formula is C13H13ClN4O. The van der Waals surface area contributed by atoms with E-state index < -0.39 is 0 Å². The molecular weight excluding hydrogens is 264 g/mol. The standard InChI is InChI=1S/C13H13ClN4O/c1-2-7-18-13(12(8-15)16-17-18)9-19-11-5-3-10(14)4-6-11/h3-6H,2,7,9H2,1H3. The van der Waals surface area contributed by atoms with Crippen molar-refractivity contribution in [2.24, 2.45) is 0 Å². The van der Waals surface area contributed by atoms with E-state index in [-0.39, 0.29) is 6.61 Å². The van der Waals surface area contributed by atoms with Crippen molar-refractivity contribution < 1.29 is 4.74 Å². The lowest BCUT2D eigenvalue weighted by Crippen LogP contribution is -2.08. The smallest absolute Gasteiger partial charge is 0.189 e. The normalized spacial score (nSPS) is 10.2. The van der Waals surface area contributed by atoms with Gasteiger partial charge in [-0.2, -0.15) is 5.26 Å². The summed E-state index contributed by atoms with van der Waals surface area (Å²) in [6, 6.07) is 9.09. The van der Waals surface area contributed by atoms with Gasteiger partial charge < -0.3 is 4.74 Å².